The van der Waals surface area contributed by atoms with Crippen molar-refractivity contribution < 1.29 is 0 Å². The molecule has 0 N–H and O–H groups in total. The Balaban J connectivity index is 2.45. The first-order valence-electron chi connectivity index (χ1n) is 5.48. The van der Waals surface area contributed by atoms with Gasteiger partial charge in [0.25, 0.3) is 5.56 Å². The molecule has 18 heavy (non-hydrogen) atoms. The summed E-state index contributed by atoms with van der Waals surface area (Å²) in [7, 11) is 0. The molecule has 0 atom stereocenters. The molecule has 0 radical (unpaired) electrons. The SMILES string of the molecule is O=c1sc2ccccc2c(=O)n1-c1ccccc1. The fourth-order valence-electron chi connectivity index (χ4n) is 1.88. The van der Waals surface area contributed by atoms with Gasteiger partial charge in [-0.2, -0.15) is 0 Å². The number of benzene rings is 2. The minimum absolute atomic E-state index is 0.259. The molecule has 4 heteroatoms. The third-order valence-electron chi connectivity index (χ3n) is 2.71. The molecule has 0 amide bonds. The second kappa shape index (κ2) is 4.23. The van der Waals surface area contributed by atoms with Crippen LogP contribution in [0.5, 0.6) is 0 Å². The average Bonchev–Trinajstić information content (AvgIpc) is 2.40. The maximum absolute atomic E-state index is 12.3. The predicted octanol–water partition coefficient (Wildman–Crippen LogP) is 2.41. The Kier molecular flexibility index (Phi) is 2.57. The Labute approximate surface area is 107 Å². The molecular formula is C14H9NO2S. The minimum Gasteiger partial charge on any atom is -0.268 e. The summed E-state index contributed by atoms with van der Waals surface area (Å²) in [6.45, 7) is 0. The third-order valence-corrected chi connectivity index (χ3v) is 3.65. The van der Waals surface area contributed by atoms with Crippen LogP contribution in [0.2, 0.25) is 0 Å². The Morgan fingerprint density at radius 1 is 0.833 bits per heavy atom. The molecule has 0 aliphatic carbocycles. The van der Waals surface area contributed by atoms with Crippen LogP contribution >= 0.6 is 11.3 Å². The number of aromatic nitrogens is 1. The first-order chi connectivity index (χ1) is 8.77. The van der Waals surface area contributed by atoms with Crippen molar-refractivity contribution in [2.75, 3.05) is 0 Å². The summed E-state index contributed by atoms with van der Waals surface area (Å²) in [5, 5.41) is 0.575. The quantitative estimate of drug-likeness (QED) is 0.670. The van der Waals surface area contributed by atoms with Crippen molar-refractivity contribution in [1.29, 1.82) is 0 Å². The van der Waals surface area contributed by atoms with Gasteiger partial charge in [0.15, 0.2) is 0 Å². The maximum Gasteiger partial charge on any atom is 0.315 e. The van der Waals surface area contributed by atoms with E-state index in [1.807, 2.05) is 12.1 Å². The van der Waals surface area contributed by atoms with Gasteiger partial charge in [-0.3, -0.25) is 9.59 Å². The third kappa shape index (κ3) is 1.67. The van der Waals surface area contributed by atoms with Gasteiger partial charge in [-0.1, -0.05) is 41.7 Å². The van der Waals surface area contributed by atoms with Gasteiger partial charge >= 0.3 is 4.87 Å². The minimum atomic E-state index is -0.263. The highest BCUT2D eigenvalue weighted by Crippen LogP contribution is 2.12. The van der Waals surface area contributed by atoms with Crippen molar-refractivity contribution in [3.63, 3.8) is 0 Å². The summed E-state index contributed by atoms with van der Waals surface area (Å²) in [5.41, 5.74) is 0.343. The van der Waals surface area contributed by atoms with Gasteiger partial charge in [-0.25, -0.2) is 4.57 Å². The van der Waals surface area contributed by atoms with E-state index >= 15 is 0 Å². The van der Waals surface area contributed by atoms with E-state index in [0.717, 1.165) is 16.0 Å². The van der Waals surface area contributed by atoms with Crippen LogP contribution in [0.25, 0.3) is 15.8 Å². The molecule has 0 fully saturated rings. The average molecular weight is 255 g/mol. The summed E-state index contributed by atoms with van der Waals surface area (Å²) >= 11 is 1.08. The molecule has 0 saturated carbocycles. The molecule has 1 aromatic heterocycles. The van der Waals surface area contributed by atoms with E-state index in [0.29, 0.717) is 11.1 Å². The number of hydrogen-bond acceptors (Lipinski definition) is 3. The van der Waals surface area contributed by atoms with Crippen molar-refractivity contribution >= 4 is 21.4 Å². The van der Waals surface area contributed by atoms with Crippen LogP contribution in [0.15, 0.2) is 64.2 Å². The molecule has 0 bridgehead atoms. The van der Waals surface area contributed by atoms with Crippen LogP contribution in [-0.2, 0) is 0 Å². The van der Waals surface area contributed by atoms with E-state index in [1.54, 1.807) is 42.5 Å². The summed E-state index contributed by atoms with van der Waals surface area (Å²) in [4.78, 5) is 24.1. The number of hydrogen-bond donors (Lipinski definition) is 0. The highest BCUT2D eigenvalue weighted by Gasteiger charge is 2.08. The van der Waals surface area contributed by atoms with Gasteiger partial charge in [-0.05, 0) is 24.3 Å². The summed E-state index contributed by atoms with van der Waals surface area (Å²) in [6.07, 6.45) is 0. The van der Waals surface area contributed by atoms with Crippen LogP contribution in [0.3, 0.4) is 0 Å². The van der Waals surface area contributed by atoms with Gasteiger partial charge in [-0.15, -0.1) is 0 Å². The molecule has 3 nitrogen and oxygen atoms in total. The predicted molar refractivity (Wildman–Crippen MR) is 73.7 cm³/mol. The topological polar surface area (TPSA) is 39.1 Å². The molecule has 0 aliphatic heterocycles. The molecule has 0 aliphatic rings. The molecule has 88 valence electrons. The van der Waals surface area contributed by atoms with Crippen LogP contribution in [0.4, 0.5) is 0 Å². The van der Waals surface area contributed by atoms with Crippen LogP contribution in [0, 0.1) is 0 Å². The van der Waals surface area contributed by atoms with Crippen molar-refractivity contribution in [3.8, 4) is 5.69 Å². The van der Waals surface area contributed by atoms with Crippen molar-refractivity contribution in [3.05, 3.63) is 74.6 Å². The largest absolute Gasteiger partial charge is 0.315 e. The first-order valence-corrected chi connectivity index (χ1v) is 6.29. The number of nitrogens with zero attached hydrogens (tertiary/aromatic N) is 1. The number of para-hydroxylation sites is 1. The van der Waals surface area contributed by atoms with Crippen molar-refractivity contribution in [1.82, 2.24) is 4.57 Å². The van der Waals surface area contributed by atoms with E-state index in [-0.39, 0.29) is 10.4 Å². The molecule has 3 rings (SSSR count). The van der Waals surface area contributed by atoms with E-state index in [4.69, 9.17) is 0 Å². The number of fused-ring (bicyclic) bond motifs is 1. The fourth-order valence-corrected chi connectivity index (χ4v) is 2.75. The summed E-state index contributed by atoms with van der Waals surface area (Å²) in [5.74, 6) is 0. The standard InChI is InChI=1S/C14H9NO2S/c16-13-11-8-4-5-9-12(11)18-14(17)15(13)10-6-2-1-3-7-10/h1-9H. The van der Waals surface area contributed by atoms with Crippen LogP contribution < -0.4 is 10.4 Å². The van der Waals surface area contributed by atoms with Gasteiger partial charge in [0.1, 0.15) is 0 Å². The maximum atomic E-state index is 12.3. The summed E-state index contributed by atoms with van der Waals surface area (Å²) in [6, 6.07) is 16.1. The zero-order valence-electron chi connectivity index (χ0n) is 9.37. The fraction of sp³-hybridized carbons (Fsp3) is 0. The molecule has 1 heterocycles. The van der Waals surface area contributed by atoms with E-state index in [9.17, 15) is 9.59 Å². The molecular weight excluding hydrogens is 246 g/mol. The second-order valence-electron chi connectivity index (χ2n) is 3.84. The first kappa shape index (κ1) is 10.9. The van der Waals surface area contributed by atoms with Gasteiger partial charge in [0, 0.05) is 4.70 Å². The normalized spacial score (nSPS) is 10.7. The molecule has 0 spiro atoms. The van der Waals surface area contributed by atoms with Gasteiger partial charge in [0.2, 0.25) is 0 Å². The van der Waals surface area contributed by atoms with E-state index in [2.05, 4.69) is 0 Å². The Morgan fingerprint density at radius 3 is 2.28 bits per heavy atom. The van der Waals surface area contributed by atoms with Crippen molar-refractivity contribution in [2.45, 2.75) is 0 Å². The Morgan fingerprint density at radius 2 is 1.50 bits per heavy atom. The second-order valence-corrected chi connectivity index (χ2v) is 4.83. The Bertz CT molecular complexity index is 818. The molecule has 3 aromatic rings. The monoisotopic (exact) mass is 255 g/mol. The molecule has 0 saturated heterocycles. The lowest BCUT2D eigenvalue weighted by molar-refractivity contribution is 0.986. The zero-order chi connectivity index (χ0) is 12.5. The lowest BCUT2D eigenvalue weighted by Gasteiger charge is -2.04. The molecule has 2 aromatic carbocycles. The van der Waals surface area contributed by atoms with Crippen LogP contribution in [0.1, 0.15) is 0 Å². The highest BCUT2D eigenvalue weighted by atomic mass is 32.1. The molecule has 0 unspecified atom stereocenters. The lowest BCUT2D eigenvalue weighted by Crippen LogP contribution is -2.29. The van der Waals surface area contributed by atoms with Gasteiger partial charge in [0.05, 0.1) is 11.1 Å². The van der Waals surface area contributed by atoms with Crippen LogP contribution in [-0.4, -0.2) is 4.57 Å². The lowest BCUT2D eigenvalue weighted by atomic mass is 10.2. The number of rotatable bonds is 1. The zero-order valence-corrected chi connectivity index (χ0v) is 10.2. The highest BCUT2D eigenvalue weighted by molar-refractivity contribution is 7.16. The smallest absolute Gasteiger partial charge is 0.268 e. The summed E-state index contributed by atoms with van der Waals surface area (Å²) < 4.78 is 1.94. The Hall–Kier alpha value is -2.20. The van der Waals surface area contributed by atoms with E-state index < -0.39 is 0 Å². The van der Waals surface area contributed by atoms with E-state index in [1.165, 1.54) is 4.57 Å². The van der Waals surface area contributed by atoms with Crippen molar-refractivity contribution in [2.24, 2.45) is 0 Å². The van der Waals surface area contributed by atoms with Gasteiger partial charge < -0.3 is 0 Å².